The molecular formula is C29H53NO5S. The second-order valence-corrected chi connectivity index (χ2v) is 10.1. The van der Waals surface area contributed by atoms with E-state index in [-0.39, 0.29) is 5.91 Å². The fourth-order valence-electron chi connectivity index (χ4n) is 3.83. The minimum absolute atomic E-state index is 0.0564. The van der Waals surface area contributed by atoms with Crippen molar-refractivity contribution in [3.05, 3.63) is 22.4 Å². The van der Waals surface area contributed by atoms with Crippen LogP contribution in [0, 0.1) is 0 Å². The molecule has 0 fully saturated rings. The number of nitrogens with one attached hydrogen (secondary N) is 1. The van der Waals surface area contributed by atoms with E-state index in [9.17, 15) is 4.79 Å². The molecule has 6 nitrogen and oxygen atoms in total. The molecule has 0 aromatic carbocycles. The van der Waals surface area contributed by atoms with Crippen LogP contribution in [0.5, 0.6) is 0 Å². The van der Waals surface area contributed by atoms with Crippen molar-refractivity contribution in [2.24, 2.45) is 0 Å². The molecule has 1 aromatic heterocycles. The third kappa shape index (κ3) is 22.2. The first kappa shape index (κ1) is 33.0. The van der Waals surface area contributed by atoms with Gasteiger partial charge in [-0.3, -0.25) is 4.79 Å². The van der Waals surface area contributed by atoms with E-state index in [4.69, 9.17) is 18.9 Å². The van der Waals surface area contributed by atoms with Crippen molar-refractivity contribution in [2.45, 2.75) is 96.8 Å². The van der Waals surface area contributed by atoms with Gasteiger partial charge in [0.05, 0.1) is 39.6 Å². The normalized spacial score (nSPS) is 11.2. The summed E-state index contributed by atoms with van der Waals surface area (Å²) in [6, 6.07) is 1.87. The van der Waals surface area contributed by atoms with Crippen LogP contribution in [0.3, 0.4) is 0 Å². The van der Waals surface area contributed by atoms with Crippen molar-refractivity contribution in [1.82, 2.24) is 5.32 Å². The first-order valence-electron chi connectivity index (χ1n) is 14.5. The van der Waals surface area contributed by atoms with Gasteiger partial charge >= 0.3 is 0 Å². The highest BCUT2D eigenvalue weighted by Crippen LogP contribution is 2.11. The quantitative estimate of drug-likeness (QED) is 0.119. The van der Waals surface area contributed by atoms with E-state index in [1.807, 2.05) is 16.8 Å². The van der Waals surface area contributed by atoms with Gasteiger partial charge in [-0.1, -0.05) is 77.6 Å². The number of rotatable bonds is 28. The number of thiophene rings is 1. The summed E-state index contributed by atoms with van der Waals surface area (Å²) in [5, 5.41) is 6.83. The molecule has 36 heavy (non-hydrogen) atoms. The molecule has 0 saturated heterocycles. The SMILES string of the molecule is CCCCCCOCCOCCOCCOCCCCCCCCCCCCNC(=O)c1ccsc1. The molecule has 1 heterocycles. The first-order chi connectivity index (χ1) is 17.8. The highest BCUT2D eigenvalue weighted by atomic mass is 32.1. The predicted octanol–water partition coefficient (Wildman–Crippen LogP) is 7.03. The number of unbranched alkanes of at least 4 members (excludes halogenated alkanes) is 12. The third-order valence-electron chi connectivity index (χ3n) is 6.04. The zero-order valence-electron chi connectivity index (χ0n) is 22.9. The summed E-state index contributed by atoms with van der Waals surface area (Å²) in [5.41, 5.74) is 0.780. The molecule has 0 bridgehead atoms. The molecule has 0 atom stereocenters. The number of carbonyl (C=O) groups excluding carboxylic acids is 1. The summed E-state index contributed by atoms with van der Waals surface area (Å²) in [6.07, 6.45) is 17.5. The van der Waals surface area contributed by atoms with E-state index >= 15 is 0 Å². The maximum Gasteiger partial charge on any atom is 0.252 e. The lowest BCUT2D eigenvalue weighted by molar-refractivity contribution is -0.00248. The second-order valence-electron chi connectivity index (χ2n) is 9.31. The van der Waals surface area contributed by atoms with Crippen molar-refractivity contribution < 1.29 is 23.7 Å². The second kappa shape index (κ2) is 27.1. The largest absolute Gasteiger partial charge is 0.379 e. The number of ether oxygens (including phenoxy) is 4. The van der Waals surface area contributed by atoms with E-state index in [0.29, 0.717) is 39.6 Å². The lowest BCUT2D eigenvalue weighted by Gasteiger charge is -2.07. The molecule has 7 heteroatoms. The summed E-state index contributed by atoms with van der Waals surface area (Å²) < 4.78 is 22.2. The van der Waals surface area contributed by atoms with Crippen LogP contribution in [0.2, 0.25) is 0 Å². The summed E-state index contributed by atoms with van der Waals surface area (Å²) >= 11 is 1.56. The highest BCUT2D eigenvalue weighted by Gasteiger charge is 2.03. The summed E-state index contributed by atoms with van der Waals surface area (Å²) in [6.45, 7) is 8.54. The average Bonchev–Trinajstić information content (AvgIpc) is 3.43. The van der Waals surface area contributed by atoms with Crippen LogP contribution in [-0.4, -0.2) is 65.3 Å². The molecule has 0 spiro atoms. The van der Waals surface area contributed by atoms with Crippen LogP contribution in [0.1, 0.15) is 107 Å². The van der Waals surface area contributed by atoms with Gasteiger partial charge in [0.1, 0.15) is 0 Å². The highest BCUT2D eigenvalue weighted by molar-refractivity contribution is 7.08. The standard InChI is InChI=1S/C29H53NO5S/c1-2-3-4-14-18-32-20-22-34-24-25-35-23-21-33-19-15-12-10-8-6-5-7-9-11-13-17-30-29(31)28-16-26-36-27-28/h16,26-27H,2-15,17-25H2,1H3,(H,30,31). The van der Waals surface area contributed by atoms with Gasteiger partial charge in [-0.15, -0.1) is 0 Å². The van der Waals surface area contributed by atoms with Gasteiger partial charge < -0.3 is 24.3 Å². The van der Waals surface area contributed by atoms with Gasteiger partial charge in [0.15, 0.2) is 0 Å². The smallest absolute Gasteiger partial charge is 0.252 e. The van der Waals surface area contributed by atoms with Crippen LogP contribution in [0.15, 0.2) is 16.8 Å². The minimum atomic E-state index is 0.0564. The third-order valence-corrected chi connectivity index (χ3v) is 6.73. The molecule has 1 aromatic rings. The van der Waals surface area contributed by atoms with Crippen LogP contribution in [0.25, 0.3) is 0 Å². The zero-order chi connectivity index (χ0) is 25.8. The Bertz CT molecular complexity index is 570. The molecule has 0 radical (unpaired) electrons. The Kier molecular flexibility index (Phi) is 24.8. The Labute approximate surface area is 224 Å². The van der Waals surface area contributed by atoms with Crippen LogP contribution >= 0.6 is 11.3 Å². The first-order valence-corrected chi connectivity index (χ1v) is 15.4. The fourth-order valence-corrected chi connectivity index (χ4v) is 4.47. The van der Waals surface area contributed by atoms with Gasteiger partial charge in [0, 0.05) is 30.7 Å². The lowest BCUT2D eigenvalue weighted by Crippen LogP contribution is -2.23. The Morgan fingerprint density at radius 3 is 1.56 bits per heavy atom. The van der Waals surface area contributed by atoms with Crippen molar-refractivity contribution in [2.75, 3.05) is 59.4 Å². The van der Waals surface area contributed by atoms with Crippen molar-refractivity contribution in [1.29, 1.82) is 0 Å². The van der Waals surface area contributed by atoms with E-state index in [2.05, 4.69) is 12.2 Å². The Morgan fingerprint density at radius 2 is 1.08 bits per heavy atom. The predicted molar refractivity (Wildman–Crippen MR) is 150 cm³/mol. The monoisotopic (exact) mass is 527 g/mol. The maximum atomic E-state index is 11.8. The van der Waals surface area contributed by atoms with E-state index in [1.54, 1.807) is 11.3 Å². The summed E-state index contributed by atoms with van der Waals surface area (Å²) in [7, 11) is 0. The molecular weight excluding hydrogens is 474 g/mol. The molecule has 0 aliphatic rings. The Balaban J connectivity index is 1.64. The minimum Gasteiger partial charge on any atom is -0.379 e. The number of hydrogen-bond donors (Lipinski definition) is 1. The van der Waals surface area contributed by atoms with Gasteiger partial charge in [-0.05, 0) is 30.7 Å². The zero-order valence-corrected chi connectivity index (χ0v) is 23.8. The summed E-state index contributed by atoms with van der Waals surface area (Å²) in [4.78, 5) is 11.8. The number of carbonyl (C=O) groups is 1. The number of hydrogen-bond acceptors (Lipinski definition) is 6. The van der Waals surface area contributed by atoms with Crippen molar-refractivity contribution >= 4 is 17.2 Å². The molecule has 0 aliphatic heterocycles. The van der Waals surface area contributed by atoms with E-state index < -0.39 is 0 Å². The van der Waals surface area contributed by atoms with Gasteiger partial charge in [-0.2, -0.15) is 11.3 Å². The van der Waals surface area contributed by atoms with Gasteiger partial charge in [0.25, 0.3) is 5.91 Å². The molecule has 0 unspecified atom stereocenters. The molecule has 1 rings (SSSR count). The topological polar surface area (TPSA) is 66.0 Å². The fraction of sp³-hybridized carbons (Fsp3) is 0.828. The Hall–Kier alpha value is -0.990. The van der Waals surface area contributed by atoms with E-state index in [0.717, 1.165) is 44.6 Å². The number of amides is 1. The van der Waals surface area contributed by atoms with Crippen LogP contribution in [-0.2, 0) is 18.9 Å². The van der Waals surface area contributed by atoms with Gasteiger partial charge in [-0.25, -0.2) is 0 Å². The molecule has 1 amide bonds. The van der Waals surface area contributed by atoms with Crippen molar-refractivity contribution in [3.8, 4) is 0 Å². The molecule has 1 N–H and O–H groups in total. The summed E-state index contributed by atoms with van der Waals surface area (Å²) in [5.74, 6) is 0.0564. The molecule has 0 saturated carbocycles. The molecule has 0 aliphatic carbocycles. The van der Waals surface area contributed by atoms with E-state index in [1.165, 1.54) is 70.6 Å². The lowest BCUT2D eigenvalue weighted by atomic mass is 10.1. The maximum absolute atomic E-state index is 11.8. The van der Waals surface area contributed by atoms with Gasteiger partial charge in [0.2, 0.25) is 0 Å². The molecule has 210 valence electrons. The van der Waals surface area contributed by atoms with Crippen molar-refractivity contribution in [3.63, 3.8) is 0 Å². The van der Waals surface area contributed by atoms with Crippen LogP contribution < -0.4 is 5.32 Å². The van der Waals surface area contributed by atoms with Crippen LogP contribution in [0.4, 0.5) is 0 Å². The Morgan fingerprint density at radius 1 is 0.639 bits per heavy atom. The average molecular weight is 528 g/mol.